The molecule has 2 amide bonds. The van der Waals surface area contributed by atoms with Crippen molar-refractivity contribution in [1.82, 2.24) is 29.3 Å². The fourth-order valence-electron chi connectivity index (χ4n) is 11.5. The SMILES string of the molecule is CCN1CCN(c2cccc3c2CN([C@H](CCCN=c2ccccn2O)c2ccc(OC)c(OC)c2)C3=O)CC1.CCN1CCN(c2cccc3c2CN([C@H](CCCNc2ccccn2)c2ccc(OC)c(OC)c2)C3=O)CC1. The Morgan fingerprint density at radius 3 is 1.56 bits per heavy atom. The van der Waals surface area contributed by atoms with E-state index >= 15 is 0 Å². The summed E-state index contributed by atoms with van der Waals surface area (Å²) in [4.78, 5) is 50.6. The molecule has 17 heteroatoms. The van der Waals surface area contributed by atoms with E-state index in [0.717, 1.165) is 135 Å². The van der Waals surface area contributed by atoms with E-state index in [1.807, 2.05) is 88.7 Å². The van der Waals surface area contributed by atoms with Crippen LogP contribution in [0.4, 0.5) is 17.2 Å². The zero-order valence-corrected chi connectivity index (χ0v) is 46.9. The quantitative estimate of drug-likeness (QED) is 0.0522. The number of nitrogens with zero attached hydrogens (tertiary/aromatic N) is 9. The van der Waals surface area contributed by atoms with E-state index in [1.165, 1.54) is 11.4 Å². The largest absolute Gasteiger partial charge is 0.493 e. The predicted octanol–water partition coefficient (Wildman–Crippen LogP) is 8.79. The van der Waals surface area contributed by atoms with Crippen molar-refractivity contribution >= 4 is 29.0 Å². The van der Waals surface area contributed by atoms with Gasteiger partial charge in [0.05, 0.1) is 40.5 Å². The van der Waals surface area contributed by atoms with Gasteiger partial charge in [-0.05, 0) is 123 Å². The molecule has 418 valence electrons. The summed E-state index contributed by atoms with van der Waals surface area (Å²) < 4.78 is 23.2. The van der Waals surface area contributed by atoms with Crippen LogP contribution in [-0.4, -0.2) is 153 Å². The topological polar surface area (TPSA) is 153 Å². The summed E-state index contributed by atoms with van der Waals surface area (Å²) >= 11 is 0. The fourth-order valence-corrected chi connectivity index (χ4v) is 11.5. The Morgan fingerprint density at radius 1 is 0.582 bits per heavy atom. The Morgan fingerprint density at radius 2 is 1.09 bits per heavy atom. The molecule has 0 saturated carbocycles. The van der Waals surface area contributed by atoms with Gasteiger partial charge in [-0.25, -0.2) is 4.98 Å². The van der Waals surface area contributed by atoms with Crippen molar-refractivity contribution in [2.75, 3.05) is 122 Å². The van der Waals surface area contributed by atoms with Crippen LogP contribution in [0.2, 0.25) is 0 Å². The molecule has 6 aromatic rings. The average molecular weight is 1080 g/mol. The molecule has 2 saturated heterocycles. The molecule has 0 aliphatic carbocycles. The number of likely N-dealkylation sites (N-methyl/N-ethyl adjacent to an activating group) is 2. The highest BCUT2D eigenvalue weighted by atomic mass is 16.5. The predicted molar refractivity (Wildman–Crippen MR) is 309 cm³/mol. The Balaban J connectivity index is 0.000000192. The first-order valence-corrected chi connectivity index (χ1v) is 27.9. The van der Waals surface area contributed by atoms with Crippen LogP contribution < -0.4 is 39.6 Å². The Hall–Kier alpha value is -7.76. The molecule has 2 atom stereocenters. The smallest absolute Gasteiger partial charge is 0.255 e. The van der Waals surface area contributed by atoms with Gasteiger partial charge in [0, 0.05) is 125 Å². The maximum absolute atomic E-state index is 13.9. The van der Waals surface area contributed by atoms with Crippen LogP contribution in [0.25, 0.3) is 0 Å². The maximum Gasteiger partial charge on any atom is 0.255 e. The zero-order valence-electron chi connectivity index (χ0n) is 46.9. The molecule has 2 aromatic heterocycles. The summed E-state index contributed by atoms with van der Waals surface area (Å²) in [6.45, 7) is 17.1. The third-order valence-electron chi connectivity index (χ3n) is 16.0. The van der Waals surface area contributed by atoms with Gasteiger partial charge in [-0.15, -0.1) is 0 Å². The number of carbonyl (C=O) groups excluding carboxylic acids is 2. The van der Waals surface area contributed by atoms with Crippen LogP contribution in [0.15, 0.2) is 127 Å². The highest BCUT2D eigenvalue weighted by Gasteiger charge is 2.38. The number of carbonyl (C=O) groups is 2. The normalized spacial score (nSPS) is 16.5. The number of fused-ring (bicyclic) bond motifs is 2. The highest BCUT2D eigenvalue weighted by Crippen LogP contribution is 2.43. The van der Waals surface area contributed by atoms with Crippen molar-refractivity contribution in [2.45, 2.75) is 64.7 Å². The molecule has 0 spiro atoms. The number of benzene rings is 4. The first kappa shape index (κ1) is 56.0. The minimum absolute atomic E-state index is 0.0528. The van der Waals surface area contributed by atoms with E-state index in [1.54, 1.807) is 53.0 Å². The molecule has 2 fully saturated rings. The molecule has 17 nitrogen and oxygen atoms in total. The first-order valence-electron chi connectivity index (χ1n) is 27.9. The lowest BCUT2D eigenvalue weighted by Gasteiger charge is -2.36. The molecule has 0 bridgehead atoms. The van der Waals surface area contributed by atoms with Crippen molar-refractivity contribution in [1.29, 1.82) is 0 Å². The van der Waals surface area contributed by atoms with Crippen LogP contribution >= 0.6 is 0 Å². The van der Waals surface area contributed by atoms with Crippen LogP contribution in [0.5, 0.6) is 23.0 Å². The summed E-state index contributed by atoms with van der Waals surface area (Å²) in [6, 6.07) is 35.2. The number of nitrogens with one attached hydrogen (secondary N) is 1. The standard InChI is InChI=1S/C31H39N5O4.C31H39N5O3/c1-4-33-17-19-34(20-18-33)27-10-7-9-24-25(27)22-35(31(24)37)26(23-13-14-28(39-2)29(21-23)40-3)11-8-15-32-30-12-5-6-16-36(30)38;1-4-34-17-19-35(20-18-34)27-10-7-9-24-25(27)22-36(31(24)37)26(11-8-16-33-30-12-5-6-15-32-30)23-13-14-28(38-2)29(21-23)39-3/h5-7,9-10,12-14,16,21,26,38H,4,8,11,15,17-20,22H2,1-3H3;5-7,9-10,12-15,21,26H,4,8,11,16-20,22H2,1-3H3,(H,32,33)/t2*26-/m11/s1. The van der Waals surface area contributed by atoms with Gasteiger partial charge in [0.25, 0.3) is 11.8 Å². The molecule has 0 unspecified atom stereocenters. The number of amides is 2. The van der Waals surface area contributed by atoms with Crippen molar-refractivity contribution < 1.29 is 33.7 Å². The second-order valence-corrected chi connectivity index (χ2v) is 20.3. The van der Waals surface area contributed by atoms with Crippen LogP contribution in [0.1, 0.15) is 94.6 Å². The monoisotopic (exact) mass is 1070 g/mol. The van der Waals surface area contributed by atoms with Gasteiger partial charge in [0.15, 0.2) is 28.5 Å². The van der Waals surface area contributed by atoms with E-state index in [9.17, 15) is 14.8 Å². The molecule has 4 aromatic carbocycles. The van der Waals surface area contributed by atoms with E-state index in [-0.39, 0.29) is 23.9 Å². The highest BCUT2D eigenvalue weighted by molar-refractivity contribution is 6.01. The molecular formula is C62H78N10O7. The van der Waals surface area contributed by atoms with Crippen molar-refractivity contribution in [3.63, 3.8) is 0 Å². The number of hydrogen-bond acceptors (Lipinski definition) is 14. The molecule has 2 N–H and O–H groups in total. The third kappa shape index (κ3) is 12.9. The number of piperazine rings is 2. The van der Waals surface area contributed by atoms with Crippen molar-refractivity contribution in [3.8, 4) is 23.0 Å². The Labute approximate surface area is 465 Å². The van der Waals surface area contributed by atoms with Gasteiger partial charge < -0.3 is 58.9 Å². The van der Waals surface area contributed by atoms with Gasteiger partial charge in [0.1, 0.15) is 5.82 Å². The Kier molecular flexibility index (Phi) is 18.9. The number of pyridine rings is 2. The number of methoxy groups -OCH3 is 4. The molecule has 4 aliphatic heterocycles. The molecule has 0 radical (unpaired) electrons. The van der Waals surface area contributed by atoms with Gasteiger partial charge >= 0.3 is 0 Å². The molecule has 6 heterocycles. The summed E-state index contributed by atoms with van der Waals surface area (Å²) in [6.07, 6.45) is 6.47. The fraction of sp³-hybridized carbons (Fsp3) is 0.419. The molecule has 10 rings (SSSR count). The van der Waals surface area contributed by atoms with Gasteiger partial charge in [0.2, 0.25) is 0 Å². The zero-order chi connectivity index (χ0) is 55.3. The lowest BCUT2D eigenvalue weighted by atomic mass is 9.99. The minimum atomic E-state index is -0.170. The summed E-state index contributed by atoms with van der Waals surface area (Å²) in [7, 11) is 6.53. The lowest BCUT2D eigenvalue weighted by Crippen LogP contribution is -2.46. The van der Waals surface area contributed by atoms with E-state index in [4.69, 9.17) is 18.9 Å². The summed E-state index contributed by atoms with van der Waals surface area (Å²) in [5, 5.41) is 13.4. The number of rotatable bonds is 21. The average Bonchev–Trinajstić information content (AvgIpc) is 4.08. The van der Waals surface area contributed by atoms with Crippen molar-refractivity contribution in [3.05, 3.63) is 160 Å². The third-order valence-corrected chi connectivity index (χ3v) is 16.0. The molecular weight excluding hydrogens is 997 g/mol. The van der Waals surface area contributed by atoms with E-state index < -0.39 is 0 Å². The number of aromatic nitrogens is 2. The lowest BCUT2D eigenvalue weighted by molar-refractivity contribution is 0.0682. The number of hydrogen-bond donors (Lipinski definition) is 2. The molecule has 79 heavy (non-hydrogen) atoms. The van der Waals surface area contributed by atoms with Gasteiger partial charge in [-0.1, -0.05) is 50.2 Å². The maximum atomic E-state index is 13.9. The van der Waals surface area contributed by atoms with Gasteiger partial charge in [-0.3, -0.25) is 14.6 Å². The Bertz CT molecular complexity index is 3070. The van der Waals surface area contributed by atoms with E-state index in [0.29, 0.717) is 54.5 Å². The summed E-state index contributed by atoms with van der Waals surface area (Å²) in [5.41, 5.74) is 8.77. The second kappa shape index (κ2) is 26.7. The van der Waals surface area contributed by atoms with Crippen LogP contribution in [-0.2, 0) is 13.1 Å². The summed E-state index contributed by atoms with van der Waals surface area (Å²) in [5.74, 6) is 3.65. The van der Waals surface area contributed by atoms with Crippen molar-refractivity contribution in [2.24, 2.45) is 4.99 Å². The minimum Gasteiger partial charge on any atom is -0.493 e. The number of ether oxygens (including phenoxy) is 4. The number of anilines is 3. The van der Waals surface area contributed by atoms with E-state index in [2.05, 4.69) is 66.9 Å². The van der Waals surface area contributed by atoms with Gasteiger partial charge in [-0.2, -0.15) is 4.73 Å². The second-order valence-electron chi connectivity index (χ2n) is 20.3. The van der Waals surface area contributed by atoms with Crippen LogP contribution in [0, 0.1) is 0 Å². The van der Waals surface area contributed by atoms with Crippen LogP contribution in [0.3, 0.4) is 0 Å². The first-order chi connectivity index (χ1) is 38.7. The molecule has 4 aliphatic rings.